The van der Waals surface area contributed by atoms with Crippen molar-refractivity contribution in [3.8, 4) is 5.69 Å². The van der Waals surface area contributed by atoms with Gasteiger partial charge in [0.15, 0.2) is 0 Å². The average molecular weight is 485 g/mol. The first kappa shape index (κ1) is 26.5. The van der Waals surface area contributed by atoms with Gasteiger partial charge in [0.1, 0.15) is 11.6 Å². The Morgan fingerprint density at radius 1 is 1.14 bits per heavy atom. The fraction of sp³-hybridized carbons (Fsp3) is 0.407. The molecule has 0 aliphatic rings. The number of halogens is 2. The molecular formula is C27H34F2N4O2. The van der Waals surface area contributed by atoms with Gasteiger partial charge in [-0.2, -0.15) is 0 Å². The minimum Gasteiger partial charge on any atom is -0.389 e. The van der Waals surface area contributed by atoms with Crippen molar-refractivity contribution in [1.29, 1.82) is 0 Å². The molecule has 2 aromatic carbocycles. The van der Waals surface area contributed by atoms with Crippen molar-refractivity contribution in [1.82, 2.24) is 20.2 Å². The summed E-state index contributed by atoms with van der Waals surface area (Å²) >= 11 is 0. The third-order valence-electron chi connectivity index (χ3n) is 6.03. The molecule has 3 unspecified atom stereocenters. The van der Waals surface area contributed by atoms with E-state index in [2.05, 4.69) is 54.6 Å². The Labute approximate surface area is 205 Å². The van der Waals surface area contributed by atoms with Crippen LogP contribution in [-0.4, -0.2) is 38.8 Å². The summed E-state index contributed by atoms with van der Waals surface area (Å²) in [4.78, 5) is 15.9. The Bertz CT molecular complexity index is 1120. The molecule has 0 saturated heterocycles. The molecule has 1 aromatic heterocycles. The van der Waals surface area contributed by atoms with Gasteiger partial charge < -0.3 is 20.3 Å². The van der Waals surface area contributed by atoms with Crippen LogP contribution in [0.5, 0.6) is 0 Å². The van der Waals surface area contributed by atoms with E-state index in [1.165, 1.54) is 24.6 Å². The van der Waals surface area contributed by atoms with E-state index in [1.807, 2.05) is 17.7 Å². The summed E-state index contributed by atoms with van der Waals surface area (Å²) in [6.07, 6.45) is 4.40. The van der Waals surface area contributed by atoms with E-state index >= 15 is 0 Å². The fourth-order valence-corrected chi connectivity index (χ4v) is 4.09. The summed E-state index contributed by atoms with van der Waals surface area (Å²) in [6, 6.07) is 8.34. The number of rotatable bonds is 9. The number of aromatic nitrogens is 2. The lowest BCUT2D eigenvalue weighted by Gasteiger charge is -2.29. The Kier molecular flexibility index (Phi) is 8.40. The summed E-state index contributed by atoms with van der Waals surface area (Å²) < 4.78 is 29.3. The van der Waals surface area contributed by atoms with Gasteiger partial charge >= 0.3 is 0 Å². The lowest BCUT2D eigenvalue weighted by molar-refractivity contribution is -0.120. The smallest absolute Gasteiger partial charge is 0.217 e. The minimum absolute atomic E-state index is 0.0376. The molecule has 0 aliphatic carbocycles. The highest BCUT2D eigenvalue weighted by Crippen LogP contribution is 2.26. The number of carbonyl (C=O) groups excluding carboxylic acids is 1. The zero-order valence-electron chi connectivity index (χ0n) is 20.8. The van der Waals surface area contributed by atoms with E-state index in [0.29, 0.717) is 12.1 Å². The van der Waals surface area contributed by atoms with Crippen LogP contribution >= 0.6 is 0 Å². The van der Waals surface area contributed by atoms with E-state index in [4.69, 9.17) is 0 Å². The summed E-state index contributed by atoms with van der Waals surface area (Å²) in [5.41, 5.74) is 3.49. The van der Waals surface area contributed by atoms with Gasteiger partial charge in [0.25, 0.3) is 0 Å². The van der Waals surface area contributed by atoms with Crippen molar-refractivity contribution in [2.45, 2.75) is 71.2 Å². The number of hydrogen-bond acceptors (Lipinski definition) is 4. The first-order valence-corrected chi connectivity index (χ1v) is 11.7. The van der Waals surface area contributed by atoms with Crippen LogP contribution in [0.4, 0.5) is 8.78 Å². The van der Waals surface area contributed by atoms with Crippen LogP contribution in [0.3, 0.4) is 0 Å². The molecule has 0 aliphatic heterocycles. The van der Waals surface area contributed by atoms with Gasteiger partial charge in [-0.1, -0.05) is 32.9 Å². The van der Waals surface area contributed by atoms with Crippen LogP contribution < -0.4 is 10.6 Å². The largest absolute Gasteiger partial charge is 0.389 e. The Morgan fingerprint density at radius 2 is 1.83 bits per heavy atom. The number of hydrogen-bond donors (Lipinski definition) is 3. The van der Waals surface area contributed by atoms with Crippen molar-refractivity contribution in [3.05, 3.63) is 83.4 Å². The van der Waals surface area contributed by atoms with Crippen LogP contribution in [0, 0.1) is 11.6 Å². The van der Waals surface area contributed by atoms with E-state index in [0.717, 1.165) is 17.3 Å². The SMILES string of the molecule is CC(=O)NC(Cc1cc(F)cc(F)c1)C(O)C(C)NCc1cc(C(C)(C)C)ccc1-n1ccnc1. The van der Waals surface area contributed by atoms with Gasteiger partial charge in [-0.15, -0.1) is 0 Å². The van der Waals surface area contributed by atoms with E-state index in [9.17, 15) is 18.7 Å². The van der Waals surface area contributed by atoms with Gasteiger partial charge in [0.2, 0.25) is 5.91 Å². The maximum atomic E-state index is 13.7. The summed E-state index contributed by atoms with van der Waals surface area (Å²) in [7, 11) is 0. The summed E-state index contributed by atoms with van der Waals surface area (Å²) in [6.45, 7) is 10.1. The molecule has 1 amide bonds. The van der Waals surface area contributed by atoms with Crippen LogP contribution in [0.2, 0.25) is 0 Å². The van der Waals surface area contributed by atoms with E-state index < -0.39 is 29.8 Å². The number of aliphatic hydroxyl groups is 1. The molecule has 35 heavy (non-hydrogen) atoms. The van der Waals surface area contributed by atoms with Crippen molar-refractivity contribution < 1.29 is 18.7 Å². The standard InChI is InChI=1S/C27H34F2N4O2/c1-17(26(35)24(32-18(2)34)12-19-10-22(28)14-23(29)11-19)31-15-20-13-21(27(3,4)5)6-7-25(20)33-9-8-30-16-33/h6-11,13-14,16-17,24,26,31,35H,12,15H2,1-5H3,(H,32,34). The number of benzene rings is 2. The number of carbonyl (C=O) groups is 1. The van der Waals surface area contributed by atoms with E-state index in [1.54, 1.807) is 12.5 Å². The van der Waals surface area contributed by atoms with Crippen LogP contribution in [-0.2, 0) is 23.2 Å². The summed E-state index contributed by atoms with van der Waals surface area (Å²) in [5.74, 6) is -1.74. The molecule has 0 radical (unpaired) electrons. The van der Waals surface area contributed by atoms with Gasteiger partial charge in [-0.3, -0.25) is 4.79 Å². The molecule has 0 fully saturated rings. The van der Waals surface area contributed by atoms with Gasteiger partial charge in [-0.05, 0) is 53.6 Å². The topological polar surface area (TPSA) is 79.2 Å². The van der Waals surface area contributed by atoms with Crippen molar-refractivity contribution in [2.75, 3.05) is 0 Å². The molecule has 3 atom stereocenters. The predicted molar refractivity (Wildman–Crippen MR) is 132 cm³/mol. The normalized spacial score (nSPS) is 14.4. The quantitative estimate of drug-likeness (QED) is 0.429. The second-order valence-electron chi connectivity index (χ2n) is 10.0. The van der Waals surface area contributed by atoms with Crippen molar-refractivity contribution in [2.24, 2.45) is 0 Å². The van der Waals surface area contributed by atoms with Crippen LogP contribution in [0.1, 0.15) is 51.3 Å². The number of nitrogens with zero attached hydrogens (tertiary/aromatic N) is 2. The first-order chi connectivity index (χ1) is 16.4. The molecule has 0 saturated carbocycles. The maximum Gasteiger partial charge on any atom is 0.217 e. The molecule has 3 aromatic rings. The Morgan fingerprint density at radius 3 is 2.40 bits per heavy atom. The second-order valence-corrected chi connectivity index (χ2v) is 10.0. The van der Waals surface area contributed by atoms with Crippen molar-refractivity contribution in [3.63, 3.8) is 0 Å². The number of nitrogens with one attached hydrogen (secondary N) is 2. The average Bonchev–Trinajstić information content (AvgIpc) is 3.29. The molecular weight excluding hydrogens is 450 g/mol. The Balaban J connectivity index is 1.79. The minimum atomic E-state index is -1.01. The number of amides is 1. The molecule has 3 N–H and O–H groups in total. The third-order valence-corrected chi connectivity index (χ3v) is 6.03. The number of imidazole rings is 1. The fourth-order valence-electron chi connectivity index (χ4n) is 4.09. The van der Waals surface area contributed by atoms with E-state index in [-0.39, 0.29) is 17.7 Å². The maximum absolute atomic E-state index is 13.7. The zero-order chi connectivity index (χ0) is 25.8. The first-order valence-electron chi connectivity index (χ1n) is 11.7. The van der Waals surface area contributed by atoms with Gasteiger partial charge in [-0.25, -0.2) is 13.8 Å². The molecule has 188 valence electrons. The number of aliphatic hydroxyl groups excluding tert-OH is 1. The highest BCUT2D eigenvalue weighted by atomic mass is 19.1. The van der Waals surface area contributed by atoms with Crippen molar-refractivity contribution >= 4 is 5.91 Å². The lowest BCUT2D eigenvalue weighted by Crippen LogP contribution is -2.52. The molecule has 3 rings (SSSR count). The molecule has 8 heteroatoms. The van der Waals surface area contributed by atoms with Gasteiger partial charge in [0.05, 0.1) is 24.2 Å². The summed E-state index contributed by atoms with van der Waals surface area (Å²) in [5, 5.41) is 17.1. The molecule has 0 spiro atoms. The highest BCUT2D eigenvalue weighted by molar-refractivity contribution is 5.73. The zero-order valence-corrected chi connectivity index (χ0v) is 20.8. The molecule has 6 nitrogen and oxygen atoms in total. The molecule has 0 bridgehead atoms. The van der Waals surface area contributed by atoms with Crippen LogP contribution in [0.25, 0.3) is 5.69 Å². The van der Waals surface area contributed by atoms with Gasteiger partial charge in [0, 0.05) is 38.0 Å². The highest BCUT2D eigenvalue weighted by Gasteiger charge is 2.26. The monoisotopic (exact) mass is 484 g/mol. The van der Waals surface area contributed by atoms with Crippen LogP contribution in [0.15, 0.2) is 55.1 Å². The predicted octanol–water partition coefficient (Wildman–Crippen LogP) is 4.03. The molecule has 1 heterocycles. The second kappa shape index (κ2) is 11.1. The third kappa shape index (κ3) is 7.19. The lowest BCUT2D eigenvalue weighted by atomic mass is 9.86. The Hall–Kier alpha value is -3.10.